The number of methoxy groups -OCH3 is 1. The highest BCUT2D eigenvalue weighted by Crippen LogP contribution is 2.30. The highest BCUT2D eigenvalue weighted by atomic mass is 16.5. The van der Waals surface area contributed by atoms with Gasteiger partial charge in [-0.2, -0.15) is 0 Å². The molecule has 0 aliphatic carbocycles. The average Bonchev–Trinajstić information content (AvgIpc) is 2.83. The van der Waals surface area contributed by atoms with Gasteiger partial charge in [0.15, 0.2) is 17.5 Å². The second-order valence-electron chi connectivity index (χ2n) is 8.02. The molecule has 1 aliphatic heterocycles. The fraction of sp³-hybridized carbons (Fsp3) is 0.480. The number of anilines is 1. The molecule has 0 amide bonds. The summed E-state index contributed by atoms with van der Waals surface area (Å²) in [6, 6.07) is 16.6. The minimum Gasteiger partial charge on any atom is -0.493 e. The molecule has 1 aliphatic rings. The van der Waals surface area contributed by atoms with Crippen LogP contribution in [0.4, 0.5) is 5.69 Å². The van der Waals surface area contributed by atoms with Crippen LogP contribution in [0.25, 0.3) is 0 Å². The van der Waals surface area contributed by atoms with Gasteiger partial charge in [-0.25, -0.2) is 0 Å². The molecule has 174 valence electrons. The molecule has 0 aromatic heterocycles. The van der Waals surface area contributed by atoms with Crippen molar-refractivity contribution in [3.05, 3.63) is 54.1 Å². The summed E-state index contributed by atoms with van der Waals surface area (Å²) in [7, 11) is 3.42. The van der Waals surface area contributed by atoms with Crippen LogP contribution in [0.2, 0.25) is 0 Å². The number of rotatable bonds is 9. The number of aliphatic imine (C=N–C) groups is 1. The van der Waals surface area contributed by atoms with E-state index in [-0.39, 0.29) is 11.6 Å². The predicted octanol–water partition coefficient (Wildman–Crippen LogP) is 3.98. The fourth-order valence-corrected chi connectivity index (χ4v) is 4.01. The van der Waals surface area contributed by atoms with E-state index >= 15 is 0 Å². The molecule has 3 N–H and O–H groups in total. The van der Waals surface area contributed by atoms with E-state index in [1.807, 2.05) is 31.2 Å². The monoisotopic (exact) mass is 440 g/mol. The SMILES string of the molecule is CCOc1ccc(NC(=NC)NCC2(NC(C)c3ccccc3)CCOCC2)cc1OC. The topological polar surface area (TPSA) is 76.1 Å². The van der Waals surface area contributed by atoms with Crippen molar-refractivity contribution < 1.29 is 14.2 Å². The van der Waals surface area contributed by atoms with Crippen molar-refractivity contribution in [2.24, 2.45) is 4.99 Å². The van der Waals surface area contributed by atoms with Crippen LogP contribution in [0.3, 0.4) is 0 Å². The van der Waals surface area contributed by atoms with E-state index in [1.54, 1.807) is 14.2 Å². The van der Waals surface area contributed by atoms with Gasteiger partial charge in [0.2, 0.25) is 0 Å². The van der Waals surface area contributed by atoms with E-state index in [0.717, 1.165) is 44.0 Å². The lowest BCUT2D eigenvalue weighted by atomic mass is 9.88. The number of nitrogens with one attached hydrogen (secondary N) is 3. The van der Waals surface area contributed by atoms with E-state index in [4.69, 9.17) is 14.2 Å². The Balaban J connectivity index is 1.66. The number of ether oxygens (including phenoxy) is 3. The summed E-state index contributed by atoms with van der Waals surface area (Å²) in [6.45, 7) is 6.99. The first-order valence-electron chi connectivity index (χ1n) is 11.3. The normalized spacial score (nSPS) is 16.8. The first-order valence-corrected chi connectivity index (χ1v) is 11.3. The van der Waals surface area contributed by atoms with Crippen LogP contribution in [-0.4, -0.2) is 52.0 Å². The Hall–Kier alpha value is -2.77. The van der Waals surface area contributed by atoms with Gasteiger partial charge in [0, 0.05) is 50.1 Å². The summed E-state index contributed by atoms with van der Waals surface area (Å²) < 4.78 is 16.7. The summed E-state index contributed by atoms with van der Waals surface area (Å²) in [6.07, 6.45) is 1.87. The van der Waals surface area contributed by atoms with Crippen LogP contribution >= 0.6 is 0 Å². The molecule has 7 heteroatoms. The minimum absolute atomic E-state index is 0.0817. The lowest BCUT2D eigenvalue weighted by Gasteiger charge is -2.41. The van der Waals surface area contributed by atoms with Crippen molar-refractivity contribution in [3.63, 3.8) is 0 Å². The van der Waals surface area contributed by atoms with Gasteiger partial charge in [0.1, 0.15) is 0 Å². The van der Waals surface area contributed by atoms with Gasteiger partial charge < -0.3 is 30.2 Å². The quantitative estimate of drug-likeness (QED) is 0.405. The van der Waals surface area contributed by atoms with Crippen molar-refractivity contribution in [1.29, 1.82) is 0 Å². The average molecular weight is 441 g/mol. The Kier molecular flexibility index (Phi) is 8.76. The number of benzene rings is 2. The molecule has 0 saturated carbocycles. The number of hydrogen-bond acceptors (Lipinski definition) is 5. The molecule has 32 heavy (non-hydrogen) atoms. The highest BCUT2D eigenvalue weighted by molar-refractivity contribution is 5.93. The van der Waals surface area contributed by atoms with Gasteiger partial charge >= 0.3 is 0 Å². The third kappa shape index (κ3) is 6.37. The van der Waals surface area contributed by atoms with Crippen LogP contribution in [-0.2, 0) is 4.74 Å². The zero-order valence-corrected chi connectivity index (χ0v) is 19.6. The number of hydrogen-bond donors (Lipinski definition) is 3. The lowest BCUT2D eigenvalue weighted by Crippen LogP contribution is -2.57. The van der Waals surface area contributed by atoms with Gasteiger partial charge in [-0.1, -0.05) is 30.3 Å². The molecule has 3 rings (SSSR count). The van der Waals surface area contributed by atoms with Gasteiger partial charge in [-0.3, -0.25) is 4.99 Å². The molecule has 2 aromatic rings. The molecule has 0 spiro atoms. The van der Waals surface area contributed by atoms with Gasteiger partial charge in [-0.05, 0) is 44.4 Å². The zero-order valence-electron chi connectivity index (χ0n) is 19.6. The Bertz CT molecular complexity index is 867. The van der Waals surface area contributed by atoms with Crippen molar-refractivity contribution >= 4 is 11.6 Å². The maximum absolute atomic E-state index is 5.66. The first kappa shape index (κ1) is 23.9. The molecule has 0 radical (unpaired) electrons. The molecular formula is C25H36N4O3. The molecule has 1 fully saturated rings. The molecule has 2 aromatic carbocycles. The van der Waals surface area contributed by atoms with Crippen LogP contribution in [0, 0.1) is 0 Å². The van der Waals surface area contributed by atoms with Gasteiger partial charge in [0.05, 0.1) is 13.7 Å². The van der Waals surface area contributed by atoms with Crippen LogP contribution in [0.5, 0.6) is 11.5 Å². The number of nitrogens with zero attached hydrogens (tertiary/aromatic N) is 1. The zero-order chi connectivity index (χ0) is 22.8. The maximum Gasteiger partial charge on any atom is 0.195 e. The molecular weight excluding hydrogens is 404 g/mol. The molecule has 1 heterocycles. The van der Waals surface area contributed by atoms with Crippen molar-refractivity contribution in [3.8, 4) is 11.5 Å². The van der Waals surface area contributed by atoms with Gasteiger partial charge in [0.25, 0.3) is 0 Å². The van der Waals surface area contributed by atoms with E-state index < -0.39 is 0 Å². The van der Waals surface area contributed by atoms with Crippen molar-refractivity contribution in [2.45, 2.75) is 38.3 Å². The molecule has 1 unspecified atom stereocenters. The summed E-state index contributed by atoms with van der Waals surface area (Å²) in [5.74, 6) is 2.12. The fourth-order valence-electron chi connectivity index (χ4n) is 4.01. The van der Waals surface area contributed by atoms with E-state index in [9.17, 15) is 0 Å². The molecule has 0 bridgehead atoms. The van der Waals surface area contributed by atoms with Gasteiger partial charge in [-0.15, -0.1) is 0 Å². The Morgan fingerprint density at radius 2 is 1.88 bits per heavy atom. The standard InChI is InChI=1S/C25H36N4O3/c1-5-32-22-12-11-21(17-23(22)30-4)28-24(26-3)27-18-25(13-15-31-16-14-25)29-19(2)20-9-7-6-8-10-20/h6-12,17,19,29H,5,13-16,18H2,1-4H3,(H2,26,27,28). The van der Waals surface area contributed by atoms with Crippen molar-refractivity contribution in [2.75, 3.05) is 45.8 Å². The third-order valence-electron chi connectivity index (χ3n) is 5.82. The van der Waals surface area contributed by atoms with Crippen LogP contribution in [0.1, 0.15) is 38.3 Å². The third-order valence-corrected chi connectivity index (χ3v) is 5.82. The van der Waals surface area contributed by atoms with Crippen LogP contribution in [0.15, 0.2) is 53.5 Å². The predicted molar refractivity (Wildman–Crippen MR) is 130 cm³/mol. The maximum atomic E-state index is 5.66. The minimum atomic E-state index is -0.0817. The molecule has 7 nitrogen and oxygen atoms in total. The second kappa shape index (κ2) is 11.7. The first-order chi connectivity index (χ1) is 15.6. The second-order valence-corrected chi connectivity index (χ2v) is 8.02. The Labute approximate surface area is 191 Å². The van der Waals surface area contributed by atoms with E-state index in [1.165, 1.54) is 5.56 Å². The van der Waals surface area contributed by atoms with Crippen LogP contribution < -0.4 is 25.4 Å². The van der Waals surface area contributed by atoms with Crippen molar-refractivity contribution in [1.82, 2.24) is 10.6 Å². The Morgan fingerprint density at radius 3 is 2.53 bits per heavy atom. The largest absolute Gasteiger partial charge is 0.493 e. The number of guanidine groups is 1. The summed E-state index contributed by atoms with van der Waals surface area (Å²) in [4.78, 5) is 4.41. The van der Waals surface area contributed by atoms with E-state index in [0.29, 0.717) is 18.3 Å². The highest BCUT2D eigenvalue weighted by Gasteiger charge is 2.34. The lowest BCUT2D eigenvalue weighted by molar-refractivity contribution is 0.0355. The summed E-state index contributed by atoms with van der Waals surface area (Å²) in [5.41, 5.74) is 2.08. The Morgan fingerprint density at radius 1 is 1.12 bits per heavy atom. The molecule has 1 atom stereocenters. The smallest absolute Gasteiger partial charge is 0.195 e. The summed E-state index contributed by atoms with van der Waals surface area (Å²) in [5, 5.41) is 10.7. The summed E-state index contributed by atoms with van der Waals surface area (Å²) >= 11 is 0. The molecule has 1 saturated heterocycles. The van der Waals surface area contributed by atoms with E-state index in [2.05, 4.69) is 52.1 Å².